The van der Waals surface area contributed by atoms with E-state index < -0.39 is 12.9 Å². The number of benzene rings is 1. The number of urea groups is 1. The van der Waals surface area contributed by atoms with Crippen molar-refractivity contribution in [2.75, 3.05) is 49.8 Å². The van der Waals surface area contributed by atoms with Gasteiger partial charge in [0.25, 0.3) is 5.91 Å². The first kappa shape index (κ1) is 21.3. The molecule has 0 unspecified atom stereocenters. The number of carbonyl (C=O) groups excluding carboxylic acids is 3. The summed E-state index contributed by atoms with van der Waals surface area (Å²) >= 11 is 0. The molecule has 5 rings (SSSR count). The number of rotatable bonds is 8. The molecule has 0 bridgehead atoms. The van der Waals surface area contributed by atoms with Crippen molar-refractivity contribution in [2.45, 2.75) is 12.8 Å². The molecule has 38 heavy (non-hydrogen) atoms. The number of hydrogen-bond acceptors (Lipinski definition) is 9. The quantitative estimate of drug-likeness (QED) is 0.406. The van der Waals surface area contributed by atoms with Crippen LogP contribution in [0.1, 0.15) is 27.4 Å². The highest BCUT2D eigenvalue weighted by atomic mass is 16.5. The van der Waals surface area contributed by atoms with E-state index in [2.05, 4.69) is 30.8 Å². The highest BCUT2D eigenvalue weighted by molar-refractivity contribution is 6.00. The summed E-state index contributed by atoms with van der Waals surface area (Å²) in [5.41, 5.74) is 1.22. The third-order valence-corrected chi connectivity index (χ3v) is 6.22. The summed E-state index contributed by atoms with van der Waals surface area (Å²) in [5.74, 6) is -0.575. The van der Waals surface area contributed by atoms with Gasteiger partial charge in [0, 0.05) is 43.2 Å². The lowest BCUT2D eigenvalue weighted by Gasteiger charge is -2.17. The number of para-hydroxylation sites is 1. The molecule has 13 heteroatoms. The van der Waals surface area contributed by atoms with Crippen molar-refractivity contribution in [3.8, 4) is 17.1 Å². The zero-order valence-corrected chi connectivity index (χ0v) is 20.7. The lowest BCUT2D eigenvalue weighted by molar-refractivity contribution is -0.117. The maximum absolute atomic E-state index is 12.8. The van der Waals surface area contributed by atoms with Gasteiger partial charge in [-0.05, 0) is 25.0 Å². The Morgan fingerprint density at radius 1 is 1.13 bits per heavy atom. The number of anilines is 4. The monoisotopic (exact) mass is 520 g/mol. The molecular formula is C25H27N9O4. The van der Waals surface area contributed by atoms with Crippen LogP contribution in [0.25, 0.3) is 11.4 Å². The van der Waals surface area contributed by atoms with Crippen LogP contribution < -0.4 is 25.6 Å². The van der Waals surface area contributed by atoms with Gasteiger partial charge in [-0.1, -0.05) is 6.07 Å². The Kier molecular flexibility index (Phi) is 5.76. The molecule has 196 valence electrons. The fourth-order valence-corrected chi connectivity index (χ4v) is 4.01. The Hall–Kier alpha value is -4.81. The summed E-state index contributed by atoms with van der Waals surface area (Å²) in [6, 6.07) is 6.38. The summed E-state index contributed by atoms with van der Waals surface area (Å²) in [7, 11) is 3.17. The van der Waals surface area contributed by atoms with Crippen molar-refractivity contribution < 1.29 is 23.2 Å². The van der Waals surface area contributed by atoms with Crippen LogP contribution in [0.5, 0.6) is 5.75 Å². The molecule has 1 saturated carbocycles. The van der Waals surface area contributed by atoms with Crippen LogP contribution in [0.2, 0.25) is 0 Å². The predicted octanol–water partition coefficient (Wildman–Crippen LogP) is 2.27. The van der Waals surface area contributed by atoms with Gasteiger partial charge < -0.3 is 25.6 Å². The second kappa shape index (κ2) is 10.3. The van der Waals surface area contributed by atoms with E-state index in [9.17, 15) is 14.4 Å². The van der Waals surface area contributed by atoms with Gasteiger partial charge in [-0.25, -0.2) is 14.8 Å². The number of nitrogens with zero attached hydrogens (tertiary/aromatic N) is 6. The van der Waals surface area contributed by atoms with Gasteiger partial charge >= 0.3 is 6.03 Å². The van der Waals surface area contributed by atoms with Gasteiger partial charge in [-0.2, -0.15) is 0 Å². The highest BCUT2D eigenvalue weighted by Crippen LogP contribution is 2.37. The Bertz CT molecular complexity index is 1500. The van der Waals surface area contributed by atoms with Gasteiger partial charge in [-0.3, -0.25) is 14.5 Å². The standard InChI is InChI=1S/C25H27N9O4/c1-26-24(36)20-18(11-19(31-32-20)30-23(35)14-7-8-14)29-17-6-4-5-16(21(17)38-3)22-27-12-15(13-28-22)34-10-9-33(2)25(34)37/h4-6,11-14H,7-10H2,1-3H3,(H,26,36)(H2,29,30,31,35)/i1D3. The number of ether oxygens (including phenoxy) is 1. The largest absolute Gasteiger partial charge is 0.494 e. The second-order valence-corrected chi connectivity index (χ2v) is 8.84. The Labute approximate surface area is 222 Å². The number of hydrogen-bond donors (Lipinski definition) is 3. The van der Waals surface area contributed by atoms with Crippen LogP contribution in [-0.4, -0.2) is 77.1 Å². The summed E-state index contributed by atoms with van der Waals surface area (Å²) < 4.78 is 27.8. The van der Waals surface area contributed by atoms with Crippen LogP contribution in [-0.2, 0) is 4.79 Å². The van der Waals surface area contributed by atoms with E-state index >= 15 is 0 Å². The Morgan fingerprint density at radius 2 is 1.92 bits per heavy atom. The number of amides is 4. The van der Waals surface area contributed by atoms with E-state index in [-0.39, 0.29) is 35.1 Å². The number of likely N-dealkylation sites (N-methyl/N-ethyl adjacent to an activating group) is 1. The lowest BCUT2D eigenvalue weighted by atomic mass is 10.1. The first-order chi connectivity index (χ1) is 19.5. The molecule has 2 fully saturated rings. The molecule has 2 aromatic heterocycles. The van der Waals surface area contributed by atoms with Gasteiger partial charge in [0.1, 0.15) is 0 Å². The molecule has 0 atom stereocenters. The van der Waals surface area contributed by atoms with Crippen molar-refractivity contribution in [3.63, 3.8) is 0 Å². The van der Waals surface area contributed by atoms with E-state index in [1.807, 2.05) is 5.32 Å². The second-order valence-electron chi connectivity index (χ2n) is 8.84. The molecule has 2 aliphatic rings. The molecule has 3 N–H and O–H groups in total. The predicted molar refractivity (Wildman–Crippen MR) is 139 cm³/mol. The Balaban J connectivity index is 1.47. The van der Waals surface area contributed by atoms with Crippen LogP contribution >= 0.6 is 0 Å². The van der Waals surface area contributed by atoms with Crippen molar-refractivity contribution in [1.82, 2.24) is 30.4 Å². The topological polar surface area (TPSA) is 155 Å². The van der Waals surface area contributed by atoms with Crippen molar-refractivity contribution >= 4 is 40.7 Å². The smallest absolute Gasteiger partial charge is 0.324 e. The summed E-state index contributed by atoms with van der Waals surface area (Å²) in [5, 5.41) is 15.4. The van der Waals surface area contributed by atoms with Crippen LogP contribution in [0.15, 0.2) is 36.7 Å². The normalized spacial score (nSPS) is 16.4. The van der Waals surface area contributed by atoms with E-state index in [0.717, 1.165) is 12.8 Å². The molecule has 1 aliphatic carbocycles. The molecule has 0 radical (unpaired) electrons. The minimum atomic E-state index is -2.76. The highest BCUT2D eigenvalue weighted by Gasteiger charge is 2.30. The summed E-state index contributed by atoms with van der Waals surface area (Å²) in [4.78, 5) is 49.4. The number of nitrogens with one attached hydrogen (secondary N) is 3. The Morgan fingerprint density at radius 3 is 2.58 bits per heavy atom. The van der Waals surface area contributed by atoms with Crippen LogP contribution in [0.4, 0.5) is 27.7 Å². The zero-order valence-electron chi connectivity index (χ0n) is 23.7. The third kappa shape index (κ3) is 4.90. The molecular weight excluding hydrogens is 490 g/mol. The number of aromatic nitrogens is 4. The lowest BCUT2D eigenvalue weighted by Crippen LogP contribution is -2.29. The molecule has 1 aliphatic heterocycles. The van der Waals surface area contributed by atoms with E-state index in [1.54, 1.807) is 47.4 Å². The van der Waals surface area contributed by atoms with Gasteiger partial charge in [0.2, 0.25) is 5.91 Å². The summed E-state index contributed by atoms with van der Waals surface area (Å²) in [6.07, 6.45) is 4.67. The minimum Gasteiger partial charge on any atom is -0.494 e. The minimum absolute atomic E-state index is 0.0798. The number of carbonyl (C=O) groups is 3. The van der Waals surface area contributed by atoms with Crippen molar-refractivity contribution in [2.24, 2.45) is 5.92 Å². The zero-order chi connectivity index (χ0) is 29.3. The average Bonchev–Trinajstić information content (AvgIpc) is 3.73. The first-order valence-electron chi connectivity index (χ1n) is 13.3. The van der Waals surface area contributed by atoms with E-state index in [0.29, 0.717) is 41.6 Å². The molecule has 4 amide bonds. The third-order valence-electron chi connectivity index (χ3n) is 6.22. The number of methoxy groups -OCH3 is 1. The molecule has 3 heterocycles. The van der Waals surface area contributed by atoms with Crippen molar-refractivity contribution in [3.05, 3.63) is 42.4 Å². The van der Waals surface area contributed by atoms with Crippen LogP contribution in [0, 0.1) is 5.92 Å². The average molecular weight is 521 g/mol. The molecule has 13 nitrogen and oxygen atoms in total. The maximum Gasteiger partial charge on any atom is 0.324 e. The fourth-order valence-electron chi connectivity index (χ4n) is 4.01. The van der Waals surface area contributed by atoms with Gasteiger partial charge in [-0.15, -0.1) is 10.2 Å². The molecule has 3 aromatic rings. The van der Waals surface area contributed by atoms with Crippen molar-refractivity contribution in [1.29, 1.82) is 0 Å². The van der Waals surface area contributed by atoms with E-state index in [1.165, 1.54) is 13.2 Å². The fraction of sp³-hybridized carbons (Fsp3) is 0.320. The van der Waals surface area contributed by atoms with E-state index in [4.69, 9.17) is 8.85 Å². The summed E-state index contributed by atoms with van der Waals surface area (Å²) in [6.45, 7) is -1.63. The molecule has 1 aromatic carbocycles. The molecule has 1 saturated heterocycles. The van der Waals surface area contributed by atoms with Gasteiger partial charge in [0.05, 0.1) is 42.1 Å². The van der Waals surface area contributed by atoms with Crippen LogP contribution in [0.3, 0.4) is 0 Å². The van der Waals surface area contributed by atoms with Gasteiger partial charge in [0.15, 0.2) is 23.1 Å². The molecule has 0 spiro atoms. The maximum atomic E-state index is 12.8. The first-order valence-corrected chi connectivity index (χ1v) is 11.8. The SMILES string of the molecule is [2H]C([2H])([2H])NC(=O)c1nnc(NC(=O)C2CC2)cc1Nc1cccc(-c2ncc(N3CCN(C)C3=O)cn2)c1OC.